The van der Waals surface area contributed by atoms with Crippen LogP contribution in [0.3, 0.4) is 0 Å². The molecule has 4 rings (SSSR count). The van der Waals surface area contributed by atoms with Gasteiger partial charge in [-0.2, -0.15) is 0 Å². The zero-order valence-corrected chi connectivity index (χ0v) is 25.2. The van der Waals surface area contributed by atoms with Crippen LogP contribution >= 0.6 is 0 Å². The van der Waals surface area contributed by atoms with Gasteiger partial charge < -0.3 is 19.7 Å². The molecule has 0 radical (unpaired) electrons. The number of nitrogens with one attached hydrogen (secondary N) is 1. The Bertz CT molecular complexity index is 1420. The molecule has 3 aromatic rings. The van der Waals surface area contributed by atoms with Gasteiger partial charge in [0.1, 0.15) is 24.1 Å². The first-order valence-electron chi connectivity index (χ1n) is 14.2. The minimum absolute atomic E-state index is 0.0541. The summed E-state index contributed by atoms with van der Waals surface area (Å²) in [5, 5.41) is 3.11. The number of sulfonamides is 1. The van der Waals surface area contributed by atoms with E-state index in [0.717, 1.165) is 42.0 Å². The Balaban J connectivity index is 1.66. The van der Waals surface area contributed by atoms with Gasteiger partial charge in [0.2, 0.25) is 11.8 Å². The fraction of sp³-hybridized carbons (Fsp3) is 0.375. The van der Waals surface area contributed by atoms with Crippen molar-refractivity contribution >= 4 is 27.5 Å². The number of hydrogen-bond acceptors (Lipinski definition) is 6. The number of methoxy groups -OCH3 is 2. The summed E-state index contributed by atoms with van der Waals surface area (Å²) in [6.45, 7) is 1.30. The maximum atomic E-state index is 14.1. The van der Waals surface area contributed by atoms with Crippen molar-refractivity contribution in [2.24, 2.45) is 0 Å². The lowest BCUT2D eigenvalue weighted by atomic mass is 9.95. The lowest BCUT2D eigenvalue weighted by Crippen LogP contribution is -2.53. The number of benzene rings is 3. The Morgan fingerprint density at radius 3 is 2.00 bits per heavy atom. The normalized spacial score (nSPS) is 14.5. The summed E-state index contributed by atoms with van der Waals surface area (Å²) in [6.07, 6.45) is 5.09. The molecule has 0 heterocycles. The van der Waals surface area contributed by atoms with Gasteiger partial charge in [-0.3, -0.25) is 13.9 Å². The first-order valence-corrected chi connectivity index (χ1v) is 15.6. The molecule has 0 bridgehead atoms. The van der Waals surface area contributed by atoms with E-state index in [1.807, 2.05) is 12.1 Å². The second kappa shape index (κ2) is 14.2. The number of rotatable bonds is 12. The fourth-order valence-corrected chi connectivity index (χ4v) is 6.51. The first-order chi connectivity index (χ1) is 20.2. The summed E-state index contributed by atoms with van der Waals surface area (Å²) >= 11 is 0. The molecule has 0 aliphatic heterocycles. The van der Waals surface area contributed by atoms with Crippen LogP contribution in [0.2, 0.25) is 0 Å². The van der Waals surface area contributed by atoms with Gasteiger partial charge in [-0.15, -0.1) is 0 Å². The highest BCUT2D eigenvalue weighted by Gasteiger charge is 2.33. The second-order valence-corrected chi connectivity index (χ2v) is 12.3. The number of amides is 2. The first kappa shape index (κ1) is 30.9. The molecular weight excluding hydrogens is 554 g/mol. The van der Waals surface area contributed by atoms with E-state index in [1.54, 1.807) is 68.6 Å². The molecule has 42 heavy (non-hydrogen) atoms. The smallest absolute Gasteiger partial charge is 0.264 e. The molecule has 10 heteroatoms. The van der Waals surface area contributed by atoms with Crippen molar-refractivity contribution in [3.8, 4) is 11.5 Å². The highest BCUT2D eigenvalue weighted by atomic mass is 32.2. The van der Waals surface area contributed by atoms with Crippen LogP contribution in [-0.4, -0.2) is 58.0 Å². The minimum Gasteiger partial charge on any atom is -0.497 e. The summed E-state index contributed by atoms with van der Waals surface area (Å²) in [5.74, 6) is 0.453. The van der Waals surface area contributed by atoms with Crippen LogP contribution in [0.5, 0.6) is 11.5 Å². The maximum absolute atomic E-state index is 14.1. The van der Waals surface area contributed by atoms with Gasteiger partial charge in [0, 0.05) is 12.6 Å². The third kappa shape index (κ3) is 7.61. The largest absolute Gasteiger partial charge is 0.497 e. The quantitative estimate of drug-likeness (QED) is 0.325. The fourth-order valence-electron chi connectivity index (χ4n) is 5.08. The van der Waals surface area contributed by atoms with Crippen LogP contribution in [0.1, 0.15) is 44.6 Å². The van der Waals surface area contributed by atoms with Crippen LogP contribution < -0.4 is 19.1 Å². The molecule has 2 amide bonds. The van der Waals surface area contributed by atoms with E-state index in [4.69, 9.17) is 9.47 Å². The van der Waals surface area contributed by atoms with Gasteiger partial charge in [0.05, 0.1) is 24.8 Å². The number of carbonyl (C=O) groups is 2. The lowest BCUT2D eigenvalue weighted by Gasteiger charge is -2.33. The van der Waals surface area contributed by atoms with E-state index in [0.29, 0.717) is 17.2 Å². The Morgan fingerprint density at radius 2 is 1.43 bits per heavy atom. The van der Waals surface area contributed by atoms with Crippen LogP contribution in [0.4, 0.5) is 5.69 Å². The zero-order chi connectivity index (χ0) is 30.1. The topological polar surface area (TPSA) is 105 Å². The average molecular weight is 594 g/mol. The molecular formula is C32H39N3O6S. The van der Waals surface area contributed by atoms with Gasteiger partial charge in [-0.1, -0.05) is 49.6 Å². The highest BCUT2D eigenvalue weighted by molar-refractivity contribution is 7.92. The lowest BCUT2D eigenvalue weighted by molar-refractivity contribution is -0.139. The number of ether oxygens (including phenoxy) is 2. The van der Waals surface area contributed by atoms with Crippen LogP contribution in [0.15, 0.2) is 83.8 Å². The predicted molar refractivity (Wildman–Crippen MR) is 162 cm³/mol. The van der Waals surface area contributed by atoms with Crippen molar-refractivity contribution < 1.29 is 27.5 Å². The number of nitrogens with zero attached hydrogens (tertiary/aromatic N) is 2. The van der Waals surface area contributed by atoms with E-state index in [2.05, 4.69) is 5.32 Å². The molecule has 1 atom stereocenters. The number of carbonyl (C=O) groups excluding carboxylic acids is 2. The number of anilines is 1. The minimum atomic E-state index is -4.12. The molecule has 1 aliphatic carbocycles. The van der Waals surface area contributed by atoms with Crippen molar-refractivity contribution in [3.05, 3.63) is 84.4 Å². The van der Waals surface area contributed by atoms with E-state index in [9.17, 15) is 18.0 Å². The van der Waals surface area contributed by atoms with Crippen molar-refractivity contribution in [3.63, 3.8) is 0 Å². The van der Waals surface area contributed by atoms with Gasteiger partial charge in [0.25, 0.3) is 10.0 Å². The average Bonchev–Trinajstić information content (AvgIpc) is 3.03. The van der Waals surface area contributed by atoms with Crippen molar-refractivity contribution in [2.75, 3.05) is 25.1 Å². The highest BCUT2D eigenvalue weighted by Crippen LogP contribution is 2.27. The van der Waals surface area contributed by atoms with Gasteiger partial charge in [0.15, 0.2) is 0 Å². The number of hydrogen-bond donors (Lipinski definition) is 1. The van der Waals surface area contributed by atoms with E-state index >= 15 is 0 Å². The molecule has 0 saturated heterocycles. The van der Waals surface area contributed by atoms with Crippen LogP contribution in [0, 0.1) is 0 Å². The Kier molecular flexibility index (Phi) is 10.5. The van der Waals surface area contributed by atoms with Crippen LogP contribution in [-0.2, 0) is 26.2 Å². The van der Waals surface area contributed by atoms with Gasteiger partial charge in [-0.25, -0.2) is 8.42 Å². The molecule has 1 aliphatic rings. The molecule has 0 unspecified atom stereocenters. The molecule has 1 fully saturated rings. The summed E-state index contributed by atoms with van der Waals surface area (Å²) in [5.41, 5.74) is 1.08. The molecule has 3 aromatic carbocycles. The molecule has 224 valence electrons. The Morgan fingerprint density at radius 1 is 0.857 bits per heavy atom. The second-order valence-electron chi connectivity index (χ2n) is 10.4. The van der Waals surface area contributed by atoms with Crippen molar-refractivity contribution in [1.82, 2.24) is 10.2 Å². The zero-order valence-electron chi connectivity index (χ0n) is 24.4. The van der Waals surface area contributed by atoms with Crippen molar-refractivity contribution in [2.45, 2.75) is 62.6 Å². The van der Waals surface area contributed by atoms with E-state index < -0.39 is 28.5 Å². The van der Waals surface area contributed by atoms with E-state index in [1.165, 1.54) is 24.1 Å². The third-order valence-electron chi connectivity index (χ3n) is 7.60. The van der Waals surface area contributed by atoms with Gasteiger partial charge >= 0.3 is 0 Å². The predicted octanol–water partition coefficient (Wildman–Crippen LogP) is 4.77. The molecule has 1 N–H and O–H groups in total. The molecule has 0 aromatic heterocycles. The molecule has 0 spiro atoms. The maximum Gasteiger partial charge on any atom is 0.264 e. The summed E-state index contributed by atoms with van der Waals surface area (Å²) in [7, 11) is -1.03. The summed E-state index contributed by atoms with van der Waals surface area (Å²) in [4.78, 5) is 29.0. The molecule has 9 nitrogen and oxygen atoms in total. The Labute approximate surface area is 248 Å². The van der Waals surface area contributed by atoms with Crippen molar-refractivity contribution in [1.29, 1.82) is 0 Å². The summed E-state index contributed by atoms with van der Waals surface area (Å²) in [6, 6.07) is 20.9. The van der Waals surface area contributed by atoms with E-state index in [-0.39, 0.29) is 23.4 Å². The monoisotopic (exact) mass is 593 g/mol. The SMILES string of the molecule is COc1ccc(CN(C(=O)CN(c2ccc(OC)cc2)S(=O)(=O)c2ccccc2)[C@@H](C)C(=O)NC2CCCCC2)cc1. The standard InChI is InChI=1S/C32H39N3O6S/c1-24(32(37)33-26-10-6-4-7-11-26)34(22-25-14-18-28(40-2)19-15-25)31(36)23-35(27-16-20-29(41-3)21-17-27)42(38,39)30-12-8-5-9-13-30/h5,8-9,12-21,24,26H,4,6-7,10-11,22-23H2,1-3H3,(H,33,37)/t24-/m0/s1. The molecule has 1 saturated carbocycles. The summed E-state index contributed by atoms with van der Waals surface area (Å²) < 4.78 is 39.3. The Hall–Kier alpha value is -4.05. The third-order valence-corrected chi connectivity index (χ3v) is 9.39. The van der Waals surface area contributed by atoms with Crippen LogP contribution in [0.25, 0.3) is 0 Å². The van der Waals surface area contributed by atoms with Gasteiger partial charge in [-0.05, 0) is 73.9 Å².